The van der Waals surface area contributed by atoms with Gasteiger partial charge in [-0.2, -0.15) is 0 Å². The molecule has 0 saturated heterocycles. The molecular formula is C11H16N2O2. The molecular weight excluding hydrogens is 192 g/mol. The zero-order valence-electron chi connectivity index (χ0n) is 8.69. The number of hydrogen-bond donors (Lipinski definition) is 1. The Morgan fingerprint density at radius 3 is 2.33 bits per heavy atom. The van der Waals surface area contributed by atoms with Gasteiger partial charge in [0.25, 0.3) is 11.8 Å². The Morgan fingerprint density at radius 2 is 1.67 bits per heavy atom. The lowest BCUT2D eigenvalue weighted by Gasteiger charge is -2.29. The molecule has 82 valence electrons. The molecule has 1 saturated carbocycles. The molecule has 2 aliphatic rings. The maximum absolute atomic E-state index is 11.5. The minimum absolute atomic E-state index is 0.0553. The fourth-order valence-corrected chi connectivity index (χ4v) is 2.38. The van der Waals surface area contributed by atoms with E-state index in [-0.39, 0.29) is 23.9 Å². The summed E-state index contributed by atoms with van der Waals surface area (Å²) in [4.78, 5) is 24.3. The van der Waals surface area contributed by atoms with Gasteiger partial charge in [0.1, 0.15) is 0 Å². The zero-order valence-corrected chi connectivity index (χ0v) is 8.69. The van der Waals surface area contributed by atoms with Crippen LogP contribution in [-0.2, 0) is 9.59 Å². The smallest absolute Gasteiger partial charge is 0.253 e. The Labute approximate surface area is 89.1 Å². The van der Waals surface area contributed by atoms with Crippen LogP contribution >= 0.6 is 0 Å². The minimum Gasteiger partial charge on any atom is -0.326 e. The quantitative estimate of drug-likeness (QED) is 0.506. The van der Waals surface area contributed by atoms with Crippen molar-refractivity contribution in [1.29, 1.82) is 0 Å². The molecule has 1 heterocycles. The van der Waals surface area contributed by atoms with Gasteiger partial charge in [-0.1, -0.05) is 19.3 Å². The largest absolute Gasteiger partial charge is 0.326 e. The van der Waals surface area contributed by atoms with Gasteiger partial charge in [0.2, 0.25) is 0 Å². The first-order valence-corrected chi connectivity index (χ1v) is 5.51. The maximum atomic E-state index is 11.5. The van der Waals surface area contributed by atoms with Crippen LogP contribution < -0.4 is 5.73 Å². The maximum Gasteiger partial charge on any atom is 0.253 e. The Hall–Kier alpha value is -1.16. The van der Waals surface area contributed by atoms with E-state index in [0.29, 0.717) is 0 Å². The van der Waals surface area contributed by atoms with E-state index >= 15 is 0 Å². The predicted octanol–water partition coefficient (Wildman–Crippen LogP) is 0.571. The third-order valence-corrected chi connectivity index (χ3v) is 3.21. The number of amides is 2. The SMILES string of the molecule is NC1CCCCCC1N1C(=O)C=CC1=O. The molecule has 2 atom stereocenters. The number of imide groups is 1. The van der Waals surface area contributed by atoms with Gasteiger partial charge in [0.05, 0.1) is 6.04 Å². The topological polar surface area (TPSA) is 63.4 Å². The van der Waals surface area contributed by atoms with Crippen molar-refractivity contribution in [1.82, 2.24) is 4.90 Å². The molecule has 0 bridgehead atoms. The van der Waals surface area contributed by atoms with E-state index in [0.717, 1.165) is 32.1 Å². The lowest BCUT2D eigenvalue weighted by atomic mass is 10.0. The summed E-state index contributed by atoms with van der Waals surface area (Å²) in [5.74, 6) is -0.412. The molecule has 1 fully saturated rings. The van der Waals surface area contributed by atoms with Gasteiger partial charge >= 0.3 is 0 Å². The number of carbonyl (C=O) groups is 2. The van der Waals surface area contributed by atoms with Crippen LogP contribution in [0.15, 0.2) is 12.2 Å². The summed E-state index contributed by atoms with van der Waals surface area (Å²) < 4.78 is 0. The summed E-state index contributed by atoms with van der Waals surface area (Å²) in [7, 11) is 0. The summed E-state index contributed by atoms with van der Waals surface area (Å²) >= 11 is 0. The number of rotatable bonds is 1. The van der Waals surface area contributed by atoms with Crippen molar-refractivity contribution in [2.45, 2.75) is 44.2 Å². The molecule has 0 spiro atoms. The first kappa shape index (κ1) is 10.4. The number of hydrogen-bond acceptors (Lipinski definition) is 3. The minimum atomic E-state index is -0.206. The van der Waals surface area contributed by atoms with Crippen LogP contribution in [0, 0.1) is 0 Å². The van der Waals surface area contributed by atoms with Crippen LogP contribution in [0.1, 0.15) is 32.1 Å². The van der Waals surface area contributed by atoms with Crippen molar-refractivity contribution < 1.29 is 9.59 Å². The van der Waals surface area contributed by atoms with E-state index < -0.39 is 0 Å². The molecule has 0 radical (unpaired) electrons. The lowest BCUT2D eigenvalue weighted by Crippen LogP contribution is -2.49. The van der Waals surface area contributed by atoms with Crippen LogP contribution in [0.5, 0.6) is 0 Å². The van der Waals surface area contributed by atoms with Crippen molar-refractivity contribution in [3.05, 3.63) is 12.2 Å². The van der Waals surface area contributed by atoms with E-state index in [2.05, 4.69) is 0 Å². The van der Waals surface area contributed by atoms with E-state index in [1.807, 2.05) is 0 Å². The van der Waals surface area contributed by atoms with Crippen LogP contribution in [0.4, 0.5) is 0 Å². The second-order valence-corrected chi connectivity index (χ2v) is 4.25. The Balaban J connectivity index is 2.14. The summed E-state index contributed by atoms with van der Waals surface area (Å²) in [6, 6.07) is -0.150. The Bertz CT molecular complexity index is 294. The first-order chi connectivity index (χ1) is 7.20. The van der Waals surface area contributed by atoms with E-state index in [1.165, 1.54) is 17.1 Å². The molecule has 4 nitrogen and oxygen atoms in total. The van der Waals surface area contributed by atoms with Crippen molar-refractivity contribution in [3.8, 4) is 0 Å². The second kappa shape index (κ2) is 4.14. The summed E-state index contributed by atoms with van der Waals surface area (Å²) in [6.45, 7) is 0. The molecule has 2 N–H and O–H groups in total. The summed E-state index contributed by atoms with van der Waals surface area (Å²) in [5.41, 5.74) is 6.01. The standard InChI is InChI=1S/C11H16N2O2/c12-8-4-2-1-3-5-9(8)13-10(14)6-7-11(13)15/h6-9H,1-5,12H2. The van der Waals surface area contributed by atoms with Crippen LogP contribution in [0.2, 0.25) is 0 Å². The highest BCUT2D eigenvalue weighted by atomic mass is 16.2. The zero-order chi connectivity index (χ0) is 10.8. The average Bonchev–Trinajstić information content (AvgIpc) is 2.42. The van der Waals surface area contributed by atoms with Gasteiger partial charge in [-0.25, -0.2) is 0 Å². The molecule has 1 aliphatic carbocycles. The van der Waals surface area contributed by atoms with E-state index in [1.54, 1.807) is 0 Å². The first-order valence-electron chi connectivity index (χ1n) is 5.51. The van der Waals surface area contributed by atoms with Gasteiger partial charge in [-0.05, 0) is 12.8 Å². The van der Waals surface area contributed by atoms with Gasteiger partial charge in [-0.3, -0.25) is 14.5 Å². The lowest BCUT2D eigenvalue weighted by molar-refractivity contribution is -0.140. The second-order valence-electron chi connectivity index (χ2n) is 4.25. The molecule has 2 unspecified atom stereocenters. The summed E-state index contributed by atoms with van der Waals surface area (Å²) in [6.07, 6.45) is 7.71. The Kier molecular flexibility index (Phi) is 2.86. The van der Waals surface area contributed by atoms with Gasteiger partial charge in [0, 0.05) is 18.2 Å². The highest BCUT2D eigenvalue weighted by Gasteiger charge is 2.34. The Morgan fingerprint density at radius 1 is 1.07 bits per heavy atom. The van der Waals surface area contributed by atoms with Crippen molar-refractivity contribution in [2.75, 3.05) is 0 Å². The molecule has 0 aromatic heterocycles. The number of carbonyl (C=O) groups excluding carboxylic acids is 2. The fourth-order valence-electron chi connectivity index (χ4n) is 2.38. The van der Waals surface area contributed by atoms with Gasteiger partial charge < -0.3 is 5.73 Å². The van der Waals surface area contributed by atoms with E-state index in [4.69, 9.17) is 5.73 Å². The van der Waals surface area contributed by atoms with Crippen LogP contribution in [0.3, 0.4) is 0 Å². The number of nitrogens with two attached hydrogens (primary N) is 1. The van der Waals surface area contributed by atoms with Crippen molar-refractivity contribution >= 4 is 11.8 Å². The van der Waals surface area contributed by atoms with Crippen molar-refractivity contribution in [2.24, 2.45) is 5.73 Å². The summed E-state index contributed by atoms with van der Waals surface area (Å²) in [5, 5.41) is 0. The third-order valence-electron chi connectivity index (χ3n) is 3.21. The fraction of sp³-hybridized carbons (Fsp3) is 0.636. The van der Waals surface area contributed by atoms with E-state index in [9.17, 15) is 9.59 Å². The molecule has 0 aromatic rings. The average molecular weight is 208 g/mol. The number of nitrogens with zero attached hydrogens (tertiary/aromatic N) is 1. The molecule has 15 heavy (non-hydrogen) atoms. The van der Waals surface area contributed by atoms with Gasteiger partial charge in [-0.15, -0.1) is 0 Å². The predicted molar refractivity (Wildman–Crippen MR) is 55.8 cm³/mol. The van der Waals surface area contributed by atoms with Gasteiger partial charge in [0.15, 0.2) is 0 Å². The molecule has 0 aromatic carbocycles. The normalized spacial score (nSPS) is 32.2. The highest BCUT2D eigenvalue weighted by molar-refractivity contribution is 6.13. The molecule has 2 rings (SSSR count). The third kappa shape index (κ3) is 1.95. The molecule has 4 heteroatoms. The van der Waals surface area contributed by atoms with Crippen LogP contribution in [-0.4, -0.2) is 28.8 Å². The highest BCUT2D eigenvalue weighted by Crippen LogP contribution is 2.23. The molecule has 2 amide bonds. The molecule has 1 aliphatic heterocycles. The monoisotopic (exact) mass is 208 g/mol. The van der Waals surface area contributed by atoms with Crippen molar-refractivity contribution in [3.63, 3.8) is 0 Å². The van der Waals surface area contributed by atoms with Crippen LogP contribution in [0.25, 0.3) is 0 Å².